The molecule has 1 saturated heterocycles. The van der Waals surface area contributed by atoms with Crippen LogP contribution in [-0.4, -0.2) is 66.2 Å². The van der Waals surface area contributed by atoms with Crippen molar-refractivity contribution in [1.82, 2.24) is 14.2 Å². The fraction of sp³-hybridized carbons (Fsp3) is 0.360. The van der Waals surface area contributed by atoms with E-state index in [1.807, 2.05) is 20.8 Å². The molecule has 0 unspecified atom stereocenters. The normalized spacial score (nSPS) is 18.5. The molecule has 2 aliphatic rings. The lowest BCUT2D eigenvalue weighted by atomic mass is 9.71. The molecule has 0 spiro atoms. The average Bonchev–Trinajstić information content (AvgIpc) is 3.22. The van der Waals surface area contributed by atoms with E-state index in [1.165, 1.54) is 16.4 Å². The zero-order valence-electron chi connectivity index (χ0n) is 19.3. The van der Waals surface area contributed by atoms with Crippen molar-refractivity contribution in [2.45, 2.75) is 31.1 Å². The maximum Gasteiger partial charge on any atom is 0.246 e. The summed E-state index contributed by atoms with van der Waals surface area (Å²) in [7, 11) is -3.97. The number of sulfonamides is 1. The summed E-state index contributed by atoms with van der Waals surface area (Å²) in [6.45, 7) is 8.65. The summed E-state index contributed by atoms with van der Waals surface area (Å²) in [5.74, 6) is -0.656. The van der Waals surface area contributed by atoms with Gasteiger partial charge in [0.1, 0.15) is 10.6 Å². The number of nitrogens with one attached hydrogen (secondary N) is 1. The SMILES string of the molecule is CCN1CCN(S(=O)(=O)c2cc3c(cc2O)C(C)(C)c2[nH]c4cc(C#N)ccc4c2C3=O)CC1. The Kier molecular flexibility index (Phi) is 5.09. The van der Waals surface area contributed by atoms with Gasteiger partial charge in [-0.3, -0.25) is 4.79 Å². The van der Waals surface area contributed by atoms with Gasteiger partial charge in [-0.2, -0.15) is 9.57 Å². The molecule has 3 aromatic rings. The van der Waals surface area contributed by atoms with E-state index < -0.39 is 15.4 Å². The molecule has 2 aromatic carbocycles. The molecule has 2 heterocycles. The summed E-state index contributed by atoms with van der Waals surface area (Å²) in [6, 6.07) is 9.96. The van der Waals surface area contributed by atoms with Crippen molar-refractivity contribution in [3.63, 3.8) is 0 Å². The number of aromatic hydroxyl groups is 1. The number of ketones is 1. The van der Waals surface area contributed by atoms with Crippen molar-refractivity contribution in [2.24, 2.45) is 0 Å². The number of aromatic nitrogens is 1. The Morgan fingerprint density at radius 1 is 1.15 bits per heavy atom. The van der Waals surface area contributed by atoms with E-state index in [-0.39, 0.29) is 22.0 Å². The Morgan fingerprint density at radius 3 is 2.50 bits per heavy atom. The van der Waals surface area contributed by atoms with Gasteiger partial charge in [0, 0.05) is 53.8 Å². The molecule has 9 heteroatoms. The molecule has 8 nitrogen and oxygen atoms in total. The topological polar surface area (TPSA) is 118 Å². The van der Waals surface area contributed by atoms with Crippen molar-refractivity contribution in [1.29, 1.82) is 5.26 Å². The van der Waals surface area contributed by atoms with Crippen LogP contribution < -0.4 is 0 Å². The predicted molar refractivity (Wildman–Crippen MR) is 128 cm³/mol. The van der Waals surface area contributed by atoms with Gasteiger partial charge in [0.2, 0.25) is 10.0 Å². The molecule has 5 rings (SSSR count). The van der Waals surface area contributed by atoms with E-state index in [4.69, 9.17) is 0 Å². The number of hydrogen-bond donors (Lipinski definition) is 2. The molecule has 0 atom stereocenters. The van der Waals surface area contributed by atoms with Gasteiger partial charge in [-0.25, -0.2) is 8.42 Å². The number of piperazine rings is 1. The van der Waals surface area contributed by atoms with Gasteiger partial charge in [-0.1, -0.05) is 26.8 Å². The number of phenolic OH excluding ortho intramolecular Hbond substituents is 1. The van der Waals surface area contributed by atoms with Crippen molar-refractivity contribution >= 4 is 26.7 Å². The quantitative estimate of drug-likeness (QED) is 0.598. The lowest BCUT2D eigenvalue weighted by Crippen LogP contribution is -2.48. The Labute approximate surface area is 198 Å². The molecule has 1 aliphatic carbocycles. The minimum Gasteiger partial charge on any atom is -0.507 e. The number of benzene rings is 2. The van der Waals surface area contributed by atoms with Crippen molar-refractivity contribution in [3.8, 4) is 11.8 Å². The first kappa shape index (κ1) is 22.6. The standard InChI is InChI=1S/C25H26N4O4S/c1-4-28-7-9-29(10-8-28)34(32,33)21-12-17-18(13-20(21)30)25(2,3)24-22(23(17)31)16-6-5-15(14-26)11-19(16)27-24/h5-6,11-13,27,30H,4,7-10H2,1-3H3. The third kappa shape index (κ3) is 3.17. The monoisotopic (exact) mass is 478 g/mol. The van der Waals surface area contributed by atoms with Gasteiger partial charge in [-0.15, -0.1) is 0 Å². The summed E-state index contributed by atoms with van der Waals surface area (Å²) in [5.41, 5.74) is 2.43. The van der Waals surface area contributed by atoms with E-state index in [0.717, 1.165) is 6.54 Å². The highest BCUT2D eigenvalue weighted by Crippen LogP contribution is 2.46. The number of nitrogens with zero attached hydrogens (tertiary/aromatic N) is 3. The second-order valence-electron chi connectivity index (χ2n) is 9.41. The minimum atomic E-state index is -3.97. The van der Waals surface area contributed by atoms with E-state index in [2.05, 4.69) is 16.0 Å². The second kappa shape index (κ2) is 7.67. The van der Waals surface area contributed by atoms with Crippen LogP contribution in [-0.2, 0) is 15.4 Å². The Balaban J connectivity index is 1.64. The maximum atomic E-state index is 13.7. The van der Waals surface area contributed by atoms with Crippen LogP contribution in [0.4, 0.5) is 0 Å². The maximum absolute atomic E-state index is 13.7. The van der Waals surface area contributed by atoms with Crippen LogP contribution in [0.1, 0.15) is 53.5 Å². The minimum absolute atomic E-state index is 0.240. The van der Waals surface area contributed by atoms with Gasteiger partial charge in [0.15, 0.2) is 5.78 Å². The molecule has 0 saturated carbocycles. The molecule has 0 amide bonds. The number of hydrogen-bond acceptors (Lipinski definition) is 6. The first-order valence-corrected chi connectivity index (χ1v) is 12.7. The highest BCUT2D eigenvalue weighted by Gasteiger charge is 2.42. The Morgan fingerprint density at radius 2 is 1.85 bits per heavy atom. The van der Waals surface area contributed by atoms with E-state index in [9.17, 15) is 23.6 Å². The molecule has 2 N–H and O–H groups in total. The third-order valence-electron chi connectivity index (χ3n) is 7.19. The lowest BCUT2D eigenvalue weighted by molar-refractivity contribution is 0.103. The number of phenols is 1. The summed E-state index contributed by atoms with van der Waals surface area (Å²) < 4.78 is 28.2. The molecule has 176 valence electrons. The van der Waals surface area contributed by atoms with Gasteiger partial charge in [0.25, 0.3) is 0 Å². The highest BCUT2D eigenvalue weighted by atomic mass is 32.2. The molecule has 0 bridgehead atoms. The van der Waals surface area contributed by atoms with Crippen LogP contribution in [0, 0.1) is 11.3 Å². The van der Waals surface area contributed by atoms with Crippen LogP contribution in [0.3, 0.4) is 0 Å². The van der Waals surface area contributed by atoms with Crippen LogP contribution in [0.25, 0.3) is 10.9 Å². The molecule has 34 heavy (non-hydrogen) atoms. The molecular formula is C25H26N4O4S. The van der Waals surface area contributed by atoms with Gasteiger partial charge in [0.05, 0.1) is 17.2 Å². The number of aromatic amines is 1. The highest BCUT2D eigenvalue weighted by molar-refractivity contribution is 7.89. The summed E-state index contributed by atoms with van der Waals surface area (Å²) in [5, 5.41) is 20.8. The zero-order chi connectivity index (χ0) is 24.4. The number of likely N-dealkylation sites (N-methyl/N-ethyl adjacent to an activating group) is 1. The largest absolute Gasteiger partial charge is 0.507 e. The van der Waals surface area contributed by atoms with Crippen molar-refractivity contribution in [2.75, 3.05) is 32.7 Å². The molecule has 1 aliphatic heterocycles. The van der Waals surface area contributed by atoms with Crippen LogP contribution >= 0.6 is 0 Å². The fourth-order valence-electron chi connectivity index (χ4n) is 5.15. The first-order chi connectivity index (χ1) is 16.1. The molecule has 0 radical (unpaired) electrons. The van der Waals surface area contributed by atoms with Gasteiger partial charge >= 0.3 is 0 Å². The third-order valence-corrected chi connectivity index (χ3v) is 9.12. The Hall–Kier alpha value is -3.19. The van der Waals surface area contributed by atoms with Crippen LogP contribution in [0.2, 0.25) is 0 Å². The second-order valence-corrected chi connectivity index (χ2v) is 11.3. The fourth-order valence-corrected chi connectivity index (χ4v) is 6.66. The number of nitriles is 1. The number of H-pyrrole nitrogens is 1. The number of carbonyl (C=O) groups excluding carboxylic acids is 1. The zero-order valence-corrected chi connectivity index (χ0v) is 20.2. The lowest BCUT2D eigenvalue weighted by Gasteiger charge is -2.35. The molecule has 1 aromatic heterocycles. The number of carbonyl (C=O) groups is 1. The van der Waals surface area contributed by atoms with Gasteiger partial charge in [-0.05, 0) is 36.4 Å². The van der Waals surface area contributed by atoms with Crippen molar-refractivity contribution < 1.29 is 18.3 Å². The van der Waals surface area contributed by atoms with E-state index in [0.29, 0.717) is 59.5 Å². The number of fused-ring (bicyclic) bond motifs is 4. The van der Waals surface area contributed by atoms with Crippen molar-refractivity contribution in [3.05, 3.63) is 58.3 Å². The first-order valence-electron chi connectivity index (χ1n) is 11.3. The number of rotatable bonds is 3. The van der Waals surface area contributed by atoms with E-state index in [1.54, 1.807) is 18.2 Å². The predicted octanol–water partition coefficient (Wildman–Crippen LogP) is 2.94. The average molecular weight is 479 g/mol. The van der Waals surface area contributed by atoms with Crippen LogP contribution in [0.15, 0.2) is 35.2 Å². The summed E-state index contributed by atoms with van der Waals surface area (Å²) in [4.78, 5) is 18.9. The summed E-state index contributed by atoms with van der Waals surface area (Å²) in [6.07, 6.45) is 0. The Bertz CT molecular complexity index is 1490. The summed E-state index contributed by atoms with van der Waals surface area (Å²) >= 11 is 0. The molecular weight excluding hydrogens is 452 g/mol. The smallest absolute Gasteiger partial charge is 0.246 e. The van der Waals surface area contributed by atoms with Gasteiger partial charge < -0.3 is 15.0 Å². The van der Waals surface area contributed by atoms with E-state index >= 15 is 0 Å². The molecule has 1 fully saturated rings. The van der Waals surface area contributed by atoms with Crippen LogP contribution in [0.5, 0.6) is 5.75 Å².